The maximum absolute atomic E-state index is 4.55. The van der Waals surface area contributed by atoms with E-state index in [0.29, 0.717) is 0 Å². The van der Waals surface area contributed by atoms with Crippen LogP contribution in [0.1, 0.15) is 5.69 Å². The first-order chi connectivity index (χ1) is 10.2. The van der Waals surface area contributed by atoms with Crippen molar-refractivity contribution in [2.45, 2.75) is 13.5 Å². The highest BCUT2D eigenvalue weighted by atomic mass is 79.9. The molecule has 3 nitrogen and oxygen atoms in total. The molecule has 0 atom stereocenters. The van der Waals surface area contributed by atoms with Crippen molar-refractivity contribution >= 4 is 38.3 Å². The van der Waals surface area contributed by atoms with Gasteiger partial charge in [0.15, 0.2) is 0 Å². The van der Waals surface area contributed by atoms with Gasteiger partial charge >= 0.3 is 0 Å². The van der Waals surface area contributed by atoms with E-state index in [1.165, 1.54) is 5.39 Å². The van der Waals surface area contributed by atoms with Crippen molar-refractivity contribution in [3.8, 4) is 0 Å². The van der Waals surface area contributed by atoms with Gasteiger partial charge in [-0.05, 0) is 24.4 Å². The highest BCUT2D eigenvalue weighted by Gasteiger charge is 2.08. The minimum absolute atomic E-state index is 0.734. The number of rotatable bonds is 4. The highest BCUT2D eigenvalue weighted by molar-refractivity contribution is 9.10. The van der Waals surface area contributed by atoms with E-state index in [4.69, 9.17) is 0 Å². The average Bonchev–Trinajstić information content (AvgIpc) is 2.82. The molecule has 0 amide bonds. The average molecular weight is 342 g/mol. The molecule has 0 saturated carbocycles. The van der Waals surface area contributed by atoms with Crippen molar-refractivity contribution in [2.24, 2.45) is 0 Å². The van der Waals surface area contributed by atoms with Crippen molar-refractivity contribution in [2.75, 3.05) is 5.32 Å². The SMILES string of the molecule is C=CCn1cc(C)nc1Nc1ccc(Br)c2ccccc12. The van der Waals surface area contributed by atoms with E-state index in [0.717, 1.165) is 33.7 Å². The lowest BCUT2D eigenvalue weighted by molar-refractivity contribution is 0.832. The van der Waals surface area contributed by atoms with Gasteiger partial charge in [0.1, 0.15) is 0 Å². The molecule has 3 rings (SSSR count). The molecule has 106 valence electrons. The number of imidazole rings is 1. The van der Waals surface area contributed by atoms with Crippen LogP contribution >= 0.6 is 15.9 Å². The summed E-state index contributed by atoms with van der Waals surface area (Å²) in [6, 6.07) is 12.4. The van der Waals surface area contributed by atoms with Crippen LogP contribution in [0.2, 0.25) is 0 Å². The Morgan fingerprint density at radius 2 is 2.00 bits per heavy atom. The van der Waals surface area contributed by atoms with Gasteiger partial charge in [-0.2, -0.15) is 0 Å². The predicted octanol–water partition coefficient (Wildman–Crippen LogP) is 5.04. The van der Waals surface area contributed by atoms with Gasteiger partial charge in [-0.25, -0.2) is 4.98 Å². The van der Waals surface area contributed by atoms with Crippen LogP contribution in [-0.2, 0) is 6.54 Å². The van der Waals surface area contributed by atoms with Crippen LogP contribution in [0, 0.1) is 6.92 Å². The zero-order valence-electron chi connectivity index (χ0n) is 11.8. The third-order valence-corrected chi connectivity index (χ3v) is 4.03. The minimum atomic E-state index is 0.734. The Hall–Kier alpha value is -2.07. The van der Waals surface area contributed by atoms with Crippen molar-refractivity contribution in [1.82, 2.24) is 9.55 Å². The number of allylic oxidation sites excluding steroid dienone is 1. The molecule has 0 unspecified atom stereocenters. The molecule has 2 aromatic carbocycles. The number of aromatic nitrogens is 2. The second-order valence-corrected chi connectivity index (χ2v) is 5.77. The molecule has 4 heteroatoms. The number of aryl methyl sites for hydroxylation is 1. The molecule has 0 aliphatic rings. The van der Waals surface area contributed by atoms with E-state index < -0.39 is 0 Å². The largest absolute Gasteiger partial charge is 0.325 e. The number of nitrogens with one attached hydrogen (secondary N) is 1. The summed E-state index contributed by atoms with van der Waals surface area (Å²) in [5, 5.41) is 5.78. The van der Waals surface area contributed by atoms with Gasteiger partial charge in [-0.3, -0.25) is 0 Å². The summed E-state index contributed by atoms with van der Waals surface area (Å²) in [4.78, 5) is 4.55. The standard InChI is InChI=1S/C17H16BrN3/c1-3-10-21-11-12(2)19-17(21)20-16-9-8-15(18)13-6-4-5-7-14(13)16/h3-9,11H,1,10H2,2H3,(H,19,20). The molecular weight excluding hydrogens is 326 g/mol. The van der Waals surface area contributed by atoms with Gasteiger partial charge in [0.25, 0.3) is 0 Å². The van der Waals surface area contributed by atoms with E-state index in [9.17, 15) is 0 Å². The van der Waals surface area contributed by atoms with Crippen molar-refractivity contribution in [3.05, 3.63) is 65.4 Å². The fourth-order valence-corrected chi connectivity index (χ4v) is 2.89. The van der Waals surface area contributed by atoms with Gasteiger partial charge in [-0.15, -0.1) is 6.58 Å². The number of anilines is 2. The Labute approximate surface area is 132 Å². The first-order valence-electron chi connectivity index (χ1n) is 6.78. The van der Waals surface area contributed by atoms with Crippen LogP contribution in [0.4, 0.5) is 11.6 Å². The summed E-state index contributed by atoms with van der Waals surface area (Å²) in [7, 11) is 0. The van der Waals surface area contributed by atoms with Crippen LogP contribution in [0.15, 0.2) is 59.7 Å². The Balaban J connectivity index is 2.06. The molecule has 0 fully saturated rings. The number of nitrogens with zero attached hydrogens (tertiary/aromatic N) is 2. The highest BCUT2D eigenvalue weighted by Crippen LogP contribution is 2.31. The van der Waals surface area contributed by atoms with Crippen molar-refractivity contribution in [1.29, 1.82) is 0 Å². The number of benzene rings is 2. The van der Waals surface area contributed by atoms with Crippen molar-refractivity contribution < 1.29 is 0 Å². The Morgan fingerprint density at radius 3 is 2.76 bits per heavy atom. The van der Waals surface area contributed by atoms with Crippen molar-refractivity contribution in [3.63, 3.8) is 0 Å². The lowest BCUT2D eigenvalue weighted by Gasteiger charge is -2.11. The smallest absolute Gasteiger partial charge is 0.207 e. The van der Waals surface area contributed by atoms with Gasteiger partial charge in [0.2, 0.25) is 5.95 Å². The molecule has 0 bridgehead atoms. The maximum atomic E-state index is 4.55. The third-order valence-electron chi connectivity index (χ3n) is 3.34. The third kappa shape index (κ3) is 2.72. The molecule has 0 aliphatic carbocycles. The first-order valence-corrected chi connectivity index (χ1v) is 7.57. The zero-order valence-corrected chi connectivity index (χ0v) is 13.4. The summed E-state index contributed by atoms with van der Waals surface area (Å²) in [5.41, 5.74) is 2.03. The van der Waals surface area contributed by atoms with E-state index in [1.807, 2.05) is 31.3 Å². The molecule has 0 aliphatic heterocycles. The van der Waals surface area contributed by atoms with Crippen LogP contribution in [0.25, 0.3) is 10.8 Å². The Morgan fingerprint density at radius 1 is 1.24 bits per heavy atom. The lowest BCUT2D eigenvalue weighted by Crippen LogP contribution is -2.02. The molecule has 0 saturated heterocycles. The zero-order chi connectivity index (χ0) is 14.8. The fourth-order valence-electron chi connectivity index (χ4n) is 2.42. The summed E-state index contributed by atoms with van der Waals surface area (Å²) in [5.74, 6) is 0.833. The van der Waals surface area contributed by atoms with Gasteiger partial charge in [-0.1, -0.05) is 46.3 Å². The van der Waals surface area contributed by atoms with E-state index in [-0.39, 0.29) is 0 Å². The number of fused-ring (bicyclic) bond motifs is 1. The summed E-state index contributed by atoms with van der Waals surface area (Å²) in [6.45, 7) is 6.52. The molecule has 1 heterocycles. The first kappa shape index (κ1) is 13.9. The van der Waals surface area contributed by atoms with E-state index in [1.54, 1.807) is 0 Å². The predicted molar refractivity (Wildman–Crippen MR) is 92.1 cm³/mol. The summed E-state index contributed by atoms with van der Waals surface area (Å²) in [6.07, 6.45) is 3.89. The molecule has 0 radical (unpaired) electrons. The maximum Gasteiger partial charge on any atom is 0.207 e. The van der Waals surface area contributed by atoms with Crippen LogP contribution in [-0.4, -0.2) is 9.55 Å². The molecule has 3 aromatic rings. The molecule has 1 N–H and O–H groups in total. The second-order valence-electron chi connectivity index (χ2n) is 4.91. The monoisotopic (exact) mass is 341 g/mol. The normalized spacial score (nSPS) is 10.8. The number of hydrogen-bond donors (Lipinski definition) is 1. The number of hydrogen-bond acceptors (Lipinski definition) is 2. The minimum Gasteiger partial charge on any atom is -0.325 e. The van der Waals surface area contributed by atoms with Gasteiger partial charge in [0, 0.05) is 28.3 Å². The molecule has 21 heavy (non-hydrogen) atoms. The fraction of sp³-hybridized carbons (Fsp3) is 0.118. The Kier molecular flexibility index (Phi) is 3.80. The van der Waals surface area contributed by atoms with Crippen LogP contribution < -0.4 is 5.32 Å². The van der Waals surface area contributed by atoms with Gasteiger partial charge in [0.05, 0.1) is 5.69 Å². The lowest BCUT2D eigenvalue weighted by atomic mass is 10.1. The van der Waals surface area contributed by atoms with Gasteiger partial charge < -0.3 is 9.88 Å². The quantitative estimate of drug-likeness (QED) is 0.674. The second kappa shape index (κ2) is 5.74. The summed E-state index contributed by atoms with van der Waals surface area (Å²) >= 11 is 3.60. The Bertz CT molecular complexity index is 805. The van der Waals surface area contributed by atoms with Crippen LogP contribution in [0.5, 0.6) is 0 Å². The molecular formula is C17H16BrN3. The van der Waals surface area contributed by atoms with E-state index >= 15 is 0 Å². The molecule has 0 spiro atoms. The topological polar surface area (TPSA) is 29.9 Å². The van der Waals surface area contributed by atoms with E-state index in [2.05, 4.69) is 61.6 Å². The molecule has 1 aromatic heterocycles. The van der Waals surface area contributed by atoms with Crippen LogP contribution in [0.3, 0.4) is 0 Å². The number of halogens is 1. The summed E-state index contributed by atoms with van der Waals surface area (Å²) < 4.78 is 3.15.